The van der Waals surface area contributed by atoms with E-state index in [1.54, 1.807) is 11.0 Å². The van der Waals surface area contributed by atoms with Crippen molar-refractivity contribution in [3.63, 3.8) is 0 Å². The van der Waals surface area contributed by atoms with Crippen LogP contribution in [0.15, 0.2) is 24.3 Å². The van der Waals surface area contributed by atoms with Crippen LogP contribution in [0.1, 0.15) is 48.9 Å². The zero-order valence-corrected chi connectivity index (χ0v) is 15.9. The summed E-state index contributed by atoms with van der Waals surface area (Å²) in [6, 6.07) is 4.42. The Morgan fingerprint density at radius 2 is 1.93 bits per heavy atom. The van der Waals surface area contributed by atoms with Gasteiger partial charge < -0.3 is 15.1 Å². The molecule has 2 heterocycles. The van der Waals surface area contributed by atoms with E-state index in [9.17, 15) is 18.8 Å². The van der Waals surface area contributed by atoms with Gasteiger partial charge in [-0.3, -0.25) is 14.4 Å². The van der Waals surface area contributed by atoms with E-state index >= 15 is 0 Å². The predicted molar refractivity (Wildman–Crippen MR) is 101 cm³/mol. The second-order valence-corrected chi connectivity index (χ2v) is 8.11. The normalized spacial score (nSPS) is 26.0. The van der Waals surface area contributed by atoms with Gasteiger partial charge in [0, 0.05) is 18.7 Å². The molecule has 0 aromatic heterocycles. The fourth-order valence-corrected chi connectivity index (χ4v) is 4.71. The molecule has 2 aliphatic heterocycles. The molecule has 1 aromatic carbocycles. The highest BCUT2D eigenvalue weighted by Crippen LogP contribution is 2.29. The summed E-state index contributed by atoms with van der Waals surface area (Å²) in [4.78, 5) is 41.4. The average molecular weight is 387 g/mol. The fourth-order valence-electron chi connectivity index (χ4n) is 4.71. The van der Waals surface area contributed by atoms with Gasteiger partial charge in [0.15, 0.2) is 0 Å². The summed E-state index contributed by atoms with van der Waals surface area (Å²) in [7, 11) is 0. The number of amides is 3. The topological polar surface area (TPSA) is 69.7 Å². The lowest BCUT2D eigenvalue weighted by atomic mass is 9.84. The number of benzene rings is 1. The highest BCUT2D eigenvalue weighted by Gasteiger charge is 2.44. The van der Waals surface area contributed by atoms with E-state index < -0.39 is 17.9 Å². The van der Waals surface area contributed by atoms with Crippen LogP contribution in [-0.2, 0) is 9.59 Å². The molecular weight excluding hydrogens is 361 g/mol. The average Bonchev–Trinajstić information content (AvgIpc) is 2.71. The largest absolute Gasteiger partial charge is 0.342 e. The van der Waals surface area contributed by atoms with Crippen molar-refractivity contribution in [2.24, 2.45) is 5.92 Å². The maximum absolute atomic E-state index is 13.4. The first kappa shape index (κ1) is 18.9. The molecule has 3 fully saturated rings. The van der Waals surface area contributed by atoms with Crippen molar-refractivity contribution >= 4 is 17.7 Å². The quantitative estimate of drug-likeness (QED) is 0.862. The van der Waals surface area contributed by atoms with Crippen molar-refractivity contribution in [3.05, 3.63) is 35.6 Å². The van der Waals surface area contributed by atoms with Crippen LogP contribution in [0, 0.1) is 11.7 Å². The first-order chi connectivity index (χ1) is 13.5. The highest BCUT2D eigenvalue weighted by molar-refractivity contribution is 5.99. The Morgan fingerprint density at radius 1 is 1.14 bits per heavy atom. The van der Waals surface area contributed by atoms with Crippen molar-refractivity contribution in [1.82, 2.24) is 15.1 Å². The minimum atomic E-state index is -0.665. The van der Waals surface area contributed by atoms with Crippen LogP contribution < -0.4 is 5.32 Å². The summed E-state index contributed by atoms with van der Waals surface area (Å²) in [5, 5.41) is 2.89. The van der Waals surface area contributed by atoms with E-state index in [2.05, 4.69) is 5.32 Å². The third-order valence-electron chi connectivity index (χ3n) is 6.23. The smallest absolute Gasteiger partial charge is 0.254 e. The van der Waals surface area contributed by atoms with Gasteiger partial charge in [-0.25, -0.2) is 4.39 Å². The van der Waals surface area contributed by atoms with Crippen LogP contribution in [0.4, 0.5) is 4.39 Å². The van der Waals surface area contributed by atoms with Crippen LogP contribution in [0.3, 0.4) is 0 Å². The molecule has 2 saturated heterocycles. The molecule has 1 N–H and O–H groups in total. The Hall–Kier alpha value is -2.44. The minimum Gasteiger partial charge on any atom is -0.342 e. The van der Waals surface area contributed by atoms with Crippen LogP contribution in [-0.4, -0.2) is 59.2 Å². The van der Waals surface area contributed by atoms with E-state index in [1.165, 1.54) is 42.4 Å². The first-order valence-corrected chi connectivity index (χ1v) is 10.2. The second kappa shape index (κ2) is 7.89. The summed E-state index contributed by atoms with van der Waals surface area (Å²) in [6.07, 6.45) is 6.61. The molecule has 0 spiro atoms. The second-order valence-electron chi connectivity index (χ2n) is 8.11. The summed E-state index contributed by atoms with van der Waals surface area (Å²) >= 11 is 0. The zero-order chi connectivity index (χ0) is 19.7. The van der Waals surface area contributed by atoms with Crippen LogP contribution in [0.2, 0.25) is 0 Å². The highest BCUT2D eigenvalue weighted by atomic mass is 19.1. The Kier molecular flexibility index (Phi) is 5.33. The molecule has 6 nitrogen and oxygen atoms in total. The Morgan fingerprint density at radius 3 is 2.68 bits per heavy atom. The maximum Gasteiger partial charge on any atom is 0.254 e. The number of nitrogens with one attached hydrogen (secondary N) is 1. The van der Waals surface area contributed by atoms with Crippen molar-refractivity contribution in [2.75, 3.05) is 19.6 Å². The van der Waals surface area contributed by atoms with Crippen LogP contribution in [0.5, 0.6) is 0 Å². The number of carbonyl (C=O) groups excluding carboxylic acids is 3. The number of halogens is 1. The van der Waals surface area contributed by atoms with Gasteiger partial charge in [-0.05, 0) is 30.5 Å². The molecule has 3 aliphatic rings. The van der Waals surface area contributed by atoms with Gasteiger partial charge in [0.05, 0.1) is 6.54 Å². The number of nitrogens with zero attached hydrogens (tertiary/aromatic N) is 2. The Bertz CT molecular complexity index is 778. The molecule has 1 aliphatic carbocycles. The summed E-state index contributed by atoms with van der Waals surface area (Å²) in [5.74, 6) is -0.523. The van der Waals surface area contributed by atoms with E-state index in [1.807, 2.05) is 0 Å². The molecule has 2 unspecified atom stereocenters. The van der Waals surface area contributed by atoms with Crippen molar-refractivity contribution in [1.29, 1.82) is 0 Å². The molecule has 0 bridgehead atoms. The third kappa shape index (κ3) is 3.75. The zero-order valence-electron chi connectivity index (χ0n) is 15.9. The lowest BCUT2D eigenvalue weighted by molar-refractivity contribution is -0.152. The SMILES string of the molecule is O=C1NC(CC2CCCCC2)C(=O)N2CCN(C(=O)c3cccc(F)c3)CC12. The summed E-state index contributed by atoms with van der Waals surface area (Å²) in [6.45, 7) is 0.823. The molecule has 150 valence electrons. The maximum atomic E-state index is 13.4. The number of fused-ring (bicyclic) bond motifs is 1. The van der Waals surface area contributed by atoms with Crippen molar-refractivity contribution in [3.8, 4) is 0 Å². The molecule has 1 saturated carbocycles. The number of hydrogen-bond acceptors (Lipinski definition) is 3. The van der Waals surface area contributed by atoms with Gasteiger partial charge in [0.1, 0.15) is 17.9 Å². The van der Waals surface area contributed by atoms with E-state index in [-0.39, 0.29) is 29.8 Å². The number of piperazine rings is 2. The number of rotatable bonds is 3. The van der Waals surface area contributed by atoms with E-state index in [0.29, 0.717) is 25.4 Å². The van der Waals surface area contributed by atoms with Gasteiger partial charge in [-0.1, -0.05) is 38.2 Å². The first-order valence-electron chi connectivity index (χ1n) is 10.2. The number of carbonyl (C=O) groups is 3. The number of hydrogen-bond donors (Lipinski definition) is 1. The van der Waals surface area contributed by atoms with E-state index in [4.69, 9.17) is 0 Å². The molecule has 1 aromatic rings. The lowest BCUT2D eigenvalue weighted by Gasteiger charge is -2.45. The van der Waals surface area contributed by atoms with Crippen molar-refractivity contribution < 1.29 is 18.8 Å². The standard InChI is InChI=1S/C21H26FN3O3/c22-16-8-4-7-15(12-16)20(27)24-9-10-25-18(13-24)19(26)23-17(21(25)28)11-14-5-2-1-3-6-14/h4,7-8,12,14,17-18H,1-3,5-6,9-11,13H2,(H,23,26). The molecule has 0 radical (unpaired) electrons. The molecule has 3 amide bonds. The summed E-state index contributed by atoms with van der Waals surface area (Å²) < 4.78 is 13.4. The molecule has 28 heavy (non-hydrogen) atoms. The Balaban J connectivity index is 1.42. The lowest BCUT2D eigenvalue weighted by Crippen LogP contribution is -2.69. The van der Waals surface area contributed by atoms with E-state index in [0.717, 1.165) is 12.8 Å². The van der Waals surface area contributed by atoms with Gasteiger partial charge in [-0.15, -0.1) is 0 Å². The van der Waals surface area contributed by atoms with Gasteiger partial charge in [0.2, 0.25) is 11.8 Å². The van der Waals surface area contributed by atoms with Crippen LogP contribution in [0.25, 0.3) is 0 Å². The van der Waals surface area contributed by atoms with Crippen molar-refractivity contribution in [2.45, 2.75) is 50.6 Å². The molecular formula is C21H26FN3O3. The van der Waals surface area contributed by atoms with Gasteiger partial charge in [-0.2, -0.15) is 0 Å². The monoisotopic (exact) mass is 387 g/mol. The summed E-state index contributed by atoms with van der Waals surface area (Å²) in [5.41, 5.74) is 0.256. The molecule has 4 rings (SSSR count). The van der Waals surface area contributed by atoms with Crippen LogP contribution >= 0.6 is 0 Å². The van der Waals surface area contributed by atoms with Gasteiger partial charge in [0.25, 0.3) is 5.91 Å². The molecule has 2 atom stereocenters. The molecule has 7 heteroatoms. The Labute approximate surface area is 164 Å². The minimum absolute atomic E-state index is 0.0342. The third-order valence-corrected chi connectivity index (χ3v) is 6.23. The van der Waals surface area contributed by atoms with Gasteiger partial charge >= 0.3 is 0 Å². The fraction of sp³-hybridized carbons (Fsp3) is 0.571. The predicted octanol–water partition coefficient (Wildman–Crippen LogP) is 1.95.